The average Bonchev–Trinajstić information content (AvgIpc) is 2.84. The first kappa shape index (κ1) is 24.4. The van der Waals surface area contributed by atoms with Crippen molar-refractivity contribution in [3.63, 3.8) is 0 Å². The molecule has 8 heteroatoms. The van der Waals surface area contributed by atoms with Crippen molar-refractivity contribution in [2.24, 2.45) is 0 Å². The van der Waals surface area contributed by atoms with E-state index in [9.17, 15) is 14.9 Å². The summed E-state index contributed by atoms with van der Waals surface area (Å²) in [5.41, 5.74) is 1.51. The molecule has 0 unspecified atom stereocenters. The molecular weight excluding hydrogens is 454 g/mol. The van der Waals surface area contributed by atoms with Gasteiger partial charge in [-0.1, -0.05) is 48.0 Å². The van der Waals surface area contributed by atoms with E-state index < -0.39 is 5.91 Å². The Morgan fingerprint density at radius 3 is 2.41 bits per heavy atom. The van der Waals surface area contributed by atoms with Crippen LogP contribution in [0.3, 0.4) is 0 Å². The molecule has 0 fully saturated rings. The molecule has 3 aromatic carbocycles. The van der Waals surface area contributed by atoms with Gasteiger partial charge in [0.15, 0.2) is 18.1 Å². The molecule has 0 aliphatic carbocycles. The number of nitrogens with zero attached hydrogens (tertiary/aromatic N) is 1. The molecule has 2 N–H and O–H groups in total. The molecule has 0 aliphatic heterocycles. The second-order valence-corrected chi connectivity index (χ2v) is 7.35. The van der Waals surface area contributed by atoms with Gasteiger partial charge in [0.2, 0.25) is 0 Å². The molecule has 3 rings (SSSR count). The quantitative estimate of drug-likeness (QED) is 0.323. The molecule has 0 aromatic heterocycles. The lowest BCUT2D eigenvalue weighted by Gasteiger charge is -2.13. The van der Waals surface area contributed by atoms with Gasteiger partial charge < -0.3 is 20.1 Å². The maximum Gasteiger partial charge on any atom is 0.266 e. The Bertz CT molecular complexity index is 1240. The highest BCUT2D eigenvalue weighted by Crippen LogP contribution is 2.30. The van der Waals surface area contributed by atoms with E-state index in [-0.39, 0.29) is 18.1 Å². The van der Waals surface area contributed by atoms with Crippen LogP contribution in [0.5, 0.6) is 11.5 Å². The van der Waals surface area contributed by atoms with Crippen molar-refractivity contribution in [2.45, 2.75) is 6.92 Å². The number of amides is 2. The van der Waals surface area contributed by atoms with Gasteiger partial charge in [0.25, 0.3) is 11.8 Å². The molecule has 34 heavy (non-hydrogen) atoms. The lowest BCUT2D eigenvalue weighted by atomic mass is 10.1. The van der Waals surface area contributed by atoms with Crippen molar-refractivity contribution in [1.29, 1.82) is 5.26 Å². The Morgan fingerprint density at radius 2 is 1.71 bits per heavy atom. The fourth-order valence-corrected chi connectivity index (χ4v) is 3.11. The summed E-state index contributed by atoms with van der Waals surface area (Å²) < 4.78 is 11.3. The molecule has 0 atom stereocenters. The molecule has 0 bridgehead atoms. The van der Waals surface area contributed by atoms with Crippen LogP contribution in [0, 0.1) is 11.3 Å². The molecule has 3 aromatic rings. The number of para-hydroxylation sites is 2. The highest BCUT2D eigenvalue weighted by molar-refractivity contribution is 6.34. The Hall–Kier alpha value is -4.28. The first-order valence-corrected chi connectivity index (χ1v) is 10.8. The minimum atomic E-state index is -0.591. The summed E-state index contributed by atoms with van der Waals surface area (Å²) in [6.45, 7) is 1.96. The average molecular weight is 476 g/mol. The van der Waals surface area contributed by atoms with Crippen molar-refractivity contribution in [2.75, 3.05) is 23.8 Å². The van der Waals surface area contributed by atoms with Crippen molar-refractivity contribution < 1.29 is 19.1 Å². The van der Waals surface area contributed by atoms with E-state index in [1.54, 1.807) is 54.6 Å². The van der Waals surface area contributed by atoms with Gasteiger partial charge in [0.05, 0.1) is 17.3 Å². The number of halogens is 1. The molecule has 0 radical (unpaired) electrons. The van der Waals surface area contributed by atoms with Crippen LogP contribution in [0.2, 0.25) is 5.02 Å². The maximum absolute atomic E-state index is 12.5. The number of nitriles is 1. The van der Waals surface area contributed by atoms with Crippen LogP contribution in [0.1, 0.15) is 12.5 Å². The fourth-order valence-electron chi connectivity index (χ4n) is 2.93. The van der Waals surface area contributed by atoms with E-state index in [1.165, 1.54) is 6.08 Å². The third-order valence-corrected chi connectivity index (χ3v) is 4.81. The van der Waals surface area contributed by atoms with E-state index in [0.717, 1.165) is 0 Å². The van der Waals surface area contributed by atoms with Crippen LogP contribution in [0.4, 0.5) is 11.4 Å². The highest BCUT2D eigenvalue weighted by Gasteiger charge is 2.13. The van der Waals surface area contributed by atoms with E-state index in [1.807, 2.05) is 31.2 Å². The molecule has 0 spiro atoms. The second kappa shape index (κ2) is 12.1. The molecule has 2 amide bonds. The summed E-state index contributed by atoms with van der Waals surface area (Å²) >= 11 is 6.07. The molecule has 0 heterocycles. The third-order valence-electron chi connectivity index (χ3n) is 4.48. The number of carbonyl (C=O) groups is 2. The lowest BCUT2D eigenvalue weighted by molar-refractivity contribution is -0.118. The zero-order chi connectivity index (χ0) is 24.3. The van der Waals surface area contributed by atoms with Gasteiger partial charge in [-0.25, -0.2) is 0 Å². The number of ether oxygens (including phenoxy) is 2. The molecule has 0 aliphatic rings. The number of anilines is 2. The molecule has 0 saturated heterocycles. The predicted molar refractivity (Wildman–Crippen MR) is 132 cm³/mol. The normalized spacial score (nSPS) is 10.7. The Balaban J connectivity index is 1.72. The van der Waals surface area contributed by atoms with Crippen LogP contribution in [0.25, 0.3) is 6.08 Å². The van der Waals surface area contributed by atoms with E-state index >= 15 is 0 Å². The second-order valence-electron chi connectivity index (χ2n) is 6.95. The van der Waals surface area contributed by atoms with E-state index in [4.69, 9.17) is 21.1 Å². The zero-order valence-electron chi connectivity index (χ0n) is 18.4. The van der Waals surface area contributed by atoms with E-state index in [2.05, 4.69) is 10.6 Å². The largest absolute Gasteiger partial charge is 0.490 e. The SMILES string of the molecule is CCOc1cc(/C=C(\C#N)C(=O)Nc2ccccc2Cl)ccc1OCC(=O)Nc1ccccc1. The van der Waals surface area contributed by atoms with Gasteiger partial charge in [0, 0.05) is 5.69 Å². The van der Waals surface area contributed by atoms with Crippen LogP contribution in [0.15, 0.2) is 78.4 Å². The fraction of sp³-hybridized carbons (Fsp3) is 0.115. The van der Waals surface area contributed by atoms with Crippen molar-refractivity contribution in [3.8, 4) is 17.6 Å². The van der Waals surface area contributed by atoms with Crippen molar-refractivity contribution in [3.05, 3.63) is 89.0 Å². The molecule has 7 nitrogen and oxygen atoms in total. The monoisotopic (exact) mass is 475 g/mol. The number of nitrogens with one attached hydrogen (secondary N) is 2. The van der Waals surface area contributed by atoms with Crippen molar-refractivity contribution in [1.82, 2.24) is 0 Å². The number of hydrogen-bond acceptors (Lipinski definition) is 5. The smallest absolute Gasteiger partial charge is 0.266 e. The third kappa shape index (κ3) is 6.86. The predicted octanol–water partition coefficient (Wildman–Crippen LogP) is 5.30. The van der Waals surface area contributed by atoms with Crippen LogP contribution in [-0.2, 0) is 9.59 Å². The molecular formula is C26H22ClN3O4. The Labute approximate surface area is 202 Å². The Kier molecular flexibility index (Phi) is 8.67. The minimum absolute atomic E-state index is 0.113. The van der Waals surface area contributed by atoms with Gasteiger partial charge >= 0.3 is 0 Å². The number of benzene rings is 3. The maximum atomic E-state index is 12.5. The summed E-state index contributed by atoms with van der Waals surface area (Å²) in [7, 11) is 0. The summed E-state index contributed by atoms with van der Waals surface area (Å²) in [6, 6.07) is 22.6. The van der Waals surface area contributed by atoms with Crippen LogP contribution >= 0.6 is 11.6 Å². The zero-order valence-corrected chi connectivity index (χ0v) is 19.1. The molecule has 172 valence electrons. The minimum Gasteiger partial charge on any atom is -0.490 e. The number of rotatable bonds is 9. The summed E-state index contributed by atoms with van der Waals surface area (Å²) in [4.78, 5) is 24.7. The summed E-state index contributed by atoms with van der Waals surface area (Å²) in [6.07, 6.45) is 1.43. The topological polar surface area (TPSA) is 100 Å². The first-order valence-electron chi connectivity index (χ1n) is 10.4. The van der Waals surface area contributed by atoms with Gasteiger partial charge in [-0.2, -0.15) is 5.26 Å². The highest BCUT2D eigenvalue weighted by atomic mass is 35.5. The standard InChI is InChI=1S/C26H22ClN3O4/c1-2-33-24-15-18(14-19(16-28)26(32)30-22-11-7-6-10-21(22)27)12-13-23(24)34-17-25(31)29-20-8-4-3-5-9-20/h3-15H,2,17H2,1H3,(H,29,31)(H,30,32)/b19-14+. The van der Waals surface area contributed by atoms with Gasteiger partial charge in [-0.3, -0.25) is 9.59 Å². The lowest BCUT2D eigenvalue weighted by Crippen LogP contribution is -2.20. The van der Waals surface area contributed by atoms with Crippen molar-refractivity contribution >= 4 is 40.9 Å². The summed E-state index contributed by atoms with van der Waals surface area (Å²) in [5, 5.41) is 15.2. The summed E-state index contributed by atoms with van der Waals surface area (Å²) in [5.74, 6) is -0.166. The Morgan fingerprint density at radius 1 is 0.971 bits per heavy atom. The van der Waals surface area contributed by atoms with Gasteiger partial charge in [0.1, 0.15) is 11.6 Å². The number of hydrogen-bond donors (Lipinski definition) is 2. The number of carbonyl (C=O) groups excluding carboxylic acids is 2. The van der Waals surface area contributed by atoms with E-state index in [0.29, 0.717) is 40.1 Å². The van der Waals surface area contributed by atoms with Crippen LogP contribution in [-0.4, -0.2) is 25.0 Å². The molecule has 0 saturated carbocycles. The van der Waals surface area contributed by atoms with Gasteiger partial charge in [-0.05, 0) is 55.0 Å². The first-order chi connectivity index (χ1) is 16.5. The van der Waals surface area contributed by atoms with Gasteiger partial charge in [-0.15, -0.1) is 0 Å². The van der Waals surface area contributed by atoms with Crippen LogP contribution < -0.4 is 20.1 Å².